The second kappa shape index (κ2) is 4.55. The Bertz CT molecular complexity index is 535. The number of carbonyl (C=O) groups is 1. The molecule has 17 heavy (non-hydrogen) atoms. The number of nitrogens with zero attached hydrogens (tertiary/aromatic N) is 2. The van der Waals surface area contributed by atoms with Crippen LogP contribution in [0.25, 0.3) is 10.9 Å². The van der Waals surface area contributed by atoms with Gasteiger partial charge in [0.15, 0.2) is 0 Å². The van der Waals surface area contributed by atoms with Gasteiger partial charge in [-0.1, -0.05) is 6.07 Å². The molecule has 1 aromatic carbocycles. The standard InChI is InChI=1S/C12H15N3O2/c1-8(7-16)15(2)12(17)9-3-4-10-6-13-14-11(10)5-9/h3-6,8,16H,7H2,1-2H3,(H,13,14). The monoisotopic (exact) mass is 233 g/mol. The van der Waals surface area contributed by atoms with Crippen molar-refractivity contribution in [3.8, 4) is 0 Å². The summed E-state index contributed by atoms with van der Waals surface area (Å²) in [5.41, 5.74) is 1.42. The number of rotatable bonds is 3. The van der Waals surface area contributed by atoms with E-state index in [0.29, 0.717) is 5.56 Å². The predicted octanol–water partition coefficient (Wildman–Crippen LogP) is 1.02. The third-order valence-electron chi connectivity index (χ3n) is 2.93. The van der Waals surface area contributed by atoms with Crippen LogP contribution in [-0.2, 0) is 0 Å². The van der Waals surface area contributed by atoms with Crippen molar-refractivity contribution in [1.82, 2.24) is 15.1 Å². The highest BCUT2D eigenvalue weighted by atomic mass is 16.3. The number of H-pyrrole nitrogens is 1. The van der Waals surface area contributed by atoms with Crippen molar-refractivity contribution in [2.75, 3.05) is 13.7 Å². The van der Waals surface area contributed by atoms with Crippen LogP contribution < -0.4 is 0 Å². The number of aliphatic hydroxyl groups is 1. The van der Waals surface area contributed by atoms with E-state index < -0.39 is 0 Å². The van der Waals surface area contributed by atoms with E-state index in [2.05, 4.69) is 10.2 Å². The van der Waals surface area contributed by atoms with Crippen molar-refractivity contribution in [2.45, 2.75) is 13.0 Å². The van der Waals surface area contributed by atoms with Crippen LogP contribution >= 0.6 is 0 Å². The molecule has 0 spiro atoms. The number of aromatic amines is 1. The van der Waals surface area contributed by atoms with E-state index in [9.17, 15) is 4.79 Å². The van der Waals surface area contributed by atoms with Crippen molar-refractivity contribution in [1.29, 1.82) is 0 Å². The largest absolute Gasteiger partial charge is 0.394 e. The van der Waals surface area contributed by atoms with E-state index in [4.69, 9.17) is 5.11 Å². The van der Waals surface area contributed by atoms with E-state index in [0.717, 1.165) is 10.9 Å². The lowest BCUT2D eigenvalue weighted by atomic mass is 10.1. The Morgan fingerprint density at radius 3 is 3.06 bits per heavy atom. The Morgan fingerprint density at radius 2 is 2.35 bits per heavy atom. The van der Waals surface area contributed by atoms with Crippen molar-refractivity contribution in [2.24, 2.45) is 0 Å². The first-order chi connectivity index (χ1) is 8.13. The minimum atomic E-state index is -0.194. The Labute approximate surface area is 99.1 Å². The Hall–Kier alpha value is -1.88. The van der Waals surface area contributed by atoms with Gasteiger partial charge < -0.3 is 10.0 Å². The molecule has 0 bridgehead atoms. The first kappa shape index (κ1) is 11.6. The highest BCUT2D eigenvalue weighted by Gasteiger charge is 2.17. The van der Waals surface area contributed by atoms with Gasteiger partial charge in [-0.2, -0.15) is 5.10 Å². The highest BCUT2D eigenvalue weighted by molar-refractivity contribution is 5.97. The summed E-state index contributed by atoms with van der Waals surface area (Å²) in [6.07, 6.45) is 1.71. The number of likely N-dealkylation sites (N-methyl/N-ethyl adjacent to an activating group) is 1. The maximum Gasteiger partial charge on any atom is 0.253 e. The second-order valence-corrected chi connectivity index (χ2v) is 4.12. The normalized spacial score (nSPS) is 12.6. The number of fused-ring (bicyclic) bond motifs is 1. The van der Waals surface area contributed by atoms with Crippen LogP contribution in [0.5, 0.6) is 0 Å². The molecule has 1 atom stereocenters. The molecule has 0 aliphatic rings. The first-order valence-electron chi connectivity index (χ1n) is 5.44. The van der Waals surface area contributed by atoms with Crippen molar-refractivity contribution < 1.29 is 9.90 Å². The fourth-order valence-corrected chi connectivity index (χ4v) is 1.60. The Kier molecular flexibility index (Phi) is 3.10. The van der Waals surface area contributed by atoms with Crippen LogP contribution in [0.1, 0.15) is 17.3 Å². The van der Waals surface area contributed by atoms with Crippen LogP contribution in [0, 0.1) is 0 Å². The average molecular weight is 233 g/mol. The second-order valence-electron chi connectivity index (χ2n) is 4.12. The molecule has 5 heteroatoms. The summed E-state index contributed by atoms with van der Waals surface area (Å²) in [5, 5.41) is 16.7. The number of aliphatic hydroxyl groups excluding tert-OH is 1. The fourth-order valence-electron chi connectivity index (χ4n) is 1.60. The van der Waals surface area contributed by atoms with Gasteiger partial charge in [0.1, 0.15) is 0 Å². The number of carbonyl (C=O) groups excluding carboxylic acids is 1. The minimum Gasteiger partial charge on any atom is -0.394 e. The van der Waals surface area contributed by atoms with E-state index in [1.165, 1.54) is 4.90 Å². The van der Waals surface area contributed by atoms with Gasteiger partial charge >= 0.3 is 0 Å². The summed E-state index contributed by atoms with van der Waals surface area (Å²) >= 11 is 0. The molecular formula is C12H15N3O2. The van der Waals surface area contributed by atoms with Gasteiger partial charge in [0.05, 0.1) is 24.4 Å². The maximum atomic E-state index is 12.1. The Morgan fingerprint density at radius 1 is 1.59 bits per heavy atom. The van der Waals surface area contributed by atoms with Gasteiger partial charge in [-0.05, 0) is 19.1 Å². The molecule has 2 rings (SSSR count). The molecule has 90 valence electrons. The predicted molar refractivity (Wildman–Crippen MR) is 64.7 cm³/mol. The van der Waals surface area contributed by atoms with E-state index in [1.54, 1.807) is 32.3 Å². The molecule has 5 nitrogen and oxygen atoms in total. The van der Waals surface area contributed by atoms with Gasteiger partial charge in [0.25, 0.3) is 5.91 Å². The van der Waals surface area contributed by atoms with Crippen molar-refractivity contribution in [3.63, 3.8) is 0 Å². The number of benzene rings is 1. The number of hydrogen-bond acceptors (Lipinski definition) is 3. The third-order valence-corrected chi connectivity index (χ3v) is 2.93. The van der Waals surface area contributed by atoms with Crippen LogP contribution in [-0.4, -0.2) is 45.8 Å². The van der Waals surface area contributed by atoms with E-state index in [1.807, 2.05) is 6.07 Å². The molecule has 1 heterocycles. The summed E-state index contributed by atoms with van der Waals surface area (Å²) in [7, 11) is 1.68. The summed E-state index contributed by atoms with van der Waals surface area (Å²) in [6, 6.07) is 5.19. The van der Waals surface area contributed by atoms with Gasteiger partial charge in [0.2, 0.25) is 0 Å². The molecule has 1 amide bonds. The highest BCUT2D eigenvalue weighted by Crippen LogP contribution is 2.14. The molecule has 2 aromatic rings. The van der Waals surface area contributed by atoms with Crippen LogP contribution in [0.2, 0.25) is 0 Å². The average Bonchev–Trinajstić information content (AvgIpc) is 2.83. The summed E-state index contributed by atoms with van der Waals surface area (Å²) < 4.78 is 0. The summed E-state index contributed by atoms with van der Waals surface area (Å²) in [4.78, 5) is 13.6. The summed E-state index contributed by atoms with van der Waals surface area (Å²) in [5.74, 6) is -0.108. The van der Waals surface area contributed by atoms with Crippen molar-refractivity contribution >= 4 is 16.8 Å². The lowest BCUT2D eigenvalue weighted by Gasteiger charge is -2.23. The van der Waals surface area contributed by atoms with Gasteiger partial charge in [-0.25, -0.2) is 0 Å². The molecule has 0 saturated carbocycles. The molecule has 0 radical (unpaired) electrons. The summed E-state index contributed by atoms with van der Waals surface area (Å²) in [6.45, 7) is 1.75. The van der Waals surface area contributed by atoms with Crippen LogP contribution in [0.15, 0.2) is 24.4 Å². The number of aromatic nitrogens is 2. The fraction of sp³-hybridized carbons (Fsp3) is 0.333. The smallest absolute Gasteiger partial charge is 0.253 e. The molecule has 1 aromatic heterocycles. The first-order valence-corrected chi connectivity index (χ1v) is 5.44. The van der Waals surface area contributed by atoms with E-state index >= 15 is 0 Å². The molecular weight excluding hydrogens is 218 g/mol. The van der Waals surface area contributed by atoms with Crippen LogP contribution in [0.3, 0.4) is 0 Å². The lowest BCUT2D eigenvalue weighted by Crippen LogP contribution is -2.37. The molecule has 1 unspecified atom stereocenters. The molecule has 0 saturated heterocycles. The third kappa shape index (κ3) is 2.14. The minimum absolute atomic E-state index is 0.0471. The number of amides is 1. The maximum absolute atomic E-state index is 12.1. The van der Waals surface area contributed by atoms with Gasteiger partial charge in [0, 0.05) is 18.0 Å². The van der Waals surface area contributed by atoms with Gasteiger partial charge in [-0.3, -0.25) is 9.89 Å². The SMILES string of the molecule is CC(CO)N(C)C(=O)c1ccc2cn[nH]c2c1. The van der Waals surface area contributed by atoms with E-state index in [-0.39, 0.29) is 18.6 Å². The van der Waals surface area contributed by atoms with Gasteiger partial charge in [-0.15, -0.1) is 0 Å². The Balaban J connectivity index is 2.29. The zero-order valence-electron chi connectivity index (χ0n) is 9.84. The molecule has 0 aliphatic heterocycles. The quantitative estimate of drug-likeness (QED) is 0.831. The topological polar surface area (TPSA) is 69.2 Å². The lowest BCUT2D eigenvalue weighted by molar-refractivity contribution is 0.0682. The van der Waals surface area contributed by atoms with Crippen molar-refractivity contribution in [3.05, 3.63) is 30.0 Å². The molecule has 2 N–H and O–H groups in total. The number of nitrogens with one attached hydrogen (secondary N) is 1. The molecule has 0 aliphatic carbocycles. The number of hydrogen-bond donors (Lipinski definition) is 2. The zero-order chi connectivity index (χ0) is 12.4. The zero-order valence-corrected chi connectivity index (χ0v) is 9.84. The molecule has 0 fully saturated rings. The van der Waals surface area contributed by atoms with Crippen LogP contribution in [0.4, 0.5) is 0 Å².